The Hall–Kier alpha value is -4.18. The Morgan fingerprint density at radius 3 is 2.63 bits per heavy atom. The second-order valence-electron chi connectivity index (χ2n) is 9.48. The first kappa shape index (κ1) is 25.5. The van der Waals surface area contributed by atoms with Gasteiger partial charge in [0.15, 0.2) is 0 Å². The van der Waals surface area contributed by atoms with Crippen molar-refractivity contribution in [3.05, 3.63) is 74.9 Å². The molecule has 0 fully saturated rings. The standard InChI is InChI=1S/C29H28N6O2S/c1-17-13-19(18(2)34(17)28-25(29(36)37-3)22-11-7-8-12-24(22)38-28)14-20(15-30)26-23(16-31)27(32)35(33-26)21-9-5-4-6-10-21/h4-6,9-10,13-14,23,27H,7-8,11-12,32H2,1-3H3/b20-14-/t23-,27-/m0/s1. The maximum Gasteiger partial charge on any atom is 0.341 e. The fourth-order valence-electron chi connectivity index (χ4n) is 5.30. The number of anilines is 1. The number of aryl methyl sites for hydroxylation is 2. The summed E-state index contributed by atoms with van der Waals surface area (Å²) in [7, 11) is 1.42. The number of ether oxygens (including phenoxy) is 1. The number of carbonyl (C=O) groups excluding carboxylic acids is 1. The second kappa shape index (κ2) is 10.3. The van der Waals surface area contributed by atoms with Crippen LogP contribution in [-0.4, -0.2) is 29.5 Å². The third-order valence-corrected chi connectivity index (χ3v) is 8.48. The molecule has 0 saturated heterocycles. The first-order chi connectivity index (χ1) is 18.4. The summed E-state index contributed by atoms with van der Waals surface area (Å²) in [5.41, 5.74) is 12.1. The molecule has 192 valence electrons. The van der Waals surface area contributed by atoms with Gasteiger partial charge in [0.1, 0.15) is 23.2 Å². The van der Waals surface area contributed by atoms with E-state index in [9.17, 15) is 15.3 Å². The number of benzene rings is 1. The van der Waals surface area contributed by atoms with Crippen LogP contribution in [0.25, 0.3) is 11.1 Å². The summed E-state index contributed by atoms with van der Waals surface area (Å²) in [4.78, 5) is 14.1. The lowest BCUT2D eigenvalue weighted by atomic mass is 9.95. The Balaban J connectivity index is 1.60. The molecular formula is C29H28N6O2S. The van der Waals surface area contributed by atoms with Gasteiger partial charge in [-0.3, -0.25) is 0 Å². The summed E-state index contributed by atoms with van der Waals surface area (Å²) < 4.78 is 7.24. The molecule has 9 heteroatoms. The maximum atomic E-state index is 12.9. The molecular weight excluding hydrogens is 496 g/mol. The number of nitrogens with two attached hydrogens (primary N) is 1. The normalized spacial score (nSPS) is 18.9. The van der Waals surface area contributed by atoms with E-state index >= 15 is 0 Å². The summed E-state index contributed by atoms with van der Waals surface area (Å²) in [5, 5.41) is 27.1. The van der Waals surface area contributed by atoms with E-state index in [1.165, 1.54) is 12.0 Å². The quantitative estimate of drug-likeness (QED) is 0.369. The van der Waals surface area contributed by atoms with Gasteiger partial charge in [-0.25, -0.2) is 9.80 Å². The molecule has 38 heavy (non-hydrogen) atoms. The predicted octanol–water partition coefficient (Wildman–Crippen LogP) is 5.03. The highest BCUT2D eigenvalue weighted by Gasteiger charge is 2.38. The number of aromatic nitrogens is 1. The number of fused-ring (bicyclic) bond motifs is 1. The summed E-state index contributed by atoms with van der Waals surface area (Å²) in [6.07, 6.45) is 5.05. The number of nitriles is 2. The van der Waals surface area contributed by atoms with Crippen LogP contribution >= 0.6 is 11.3 Å². The Bertz CT molecular complexity index is 1550. The molecule has 3 heterocycles. The van der Waals surface area contributed by atoms with E-state index in [0.717, 1.165) is 58.9 Å². The Kier molecular flexibility index (Phi) is 6.90. The number of carbonyl (C=O) groups is 1. The molecule has 1 aromatic carbocycles. The van der Waals surface area contributed by atoms with Crippen molar-refractivity contribution in [2.75, 3.05) is 12.1 Å². The van der Waals surface area contributed by atoms with Crippen molar-refractivity contribution in [2.24, 2.45) is 16.8 Å². The van der Waals surface area contributed by atoms with Crippen LogP contribution in [0.2, 0.25) is 0 Å². The van der Waals surface area contributed by atoms with Gasteiger partial charge in [0, 0.05) is 16.3 Å². The van der Waals surface area contributed by atoms with E-state index < -0.39 is 12.1 Å². The lowest BCUT2D eigenvalue weighted by Gasteiger charge is -2.21. The van der Waals surface area contributed by atoms with Crippen LogP contribution in [0.5, 0.6) is 0 Å². The van der Waals surface area contributed by atoms with Crippen molar-refractivity contribution in [1.82, 2.24) is 4.57 Å². The second-order valence-corrected chi connectivity index (χ2v) is 10.6. The number of hydrogen-bond acceptors (Lipinski definition) is 8. The fraction of sp³-hybridized carbons (Fsp3) is 0.310. The zero-order valence-electron chi connectivity index (χ0n) is 21.6. The minimum Gasteiger partial charge on any atom is -0.465 e. The number of para-hydroxylation sites is 1. The third-order valence-electron chi connectivity index (χ3n) is 7.21. The van der Waals surface area contributed by atoms with E-state index in [-0.39, 0.29) is 11.5 Å². The number of hydrazone groups is 1. The van der Waals surface area contributed by atoms with Crippen LogP contribution in [0.1, 0.15) is 50.6 Å². The van der Waals surface area contributed by atoms with Crippen molar-refractivity contribution in [2.45, 2.75) is 45.7 Å². The number of esters is 1. The van der Waals surface area contributed by atoms with Crippen LogP contribution < -0.4 is 10.7 Å². The average Bonchev–Trinajstić information content (AvgIpc) is 3.57. The van der Waals surface area contributed by atoms with Crippen LogP contribution in [0.15, 0.2) is 47.1 Å². The van der Waals surface area contributed by atoms with Gasteiger partial charge < -0.3 is 15.0 Å². The van der Waals surface area contributed by atoms with Gasteiger partial charge in [-0.05, 0) is 74.9 Å². The van der Waals surface area contributed by atoms with E-state index in [0.29, 0.717) is 11.3 Å². The van der Waals surface area contributed by atoms with Gasteiger partial charge in [-0.2, -0.15) is 15.6 Å². The minimum atomic E-state index is -0.764. The SMILES string of the molecule is COC(=O)c1c(-n2c(C)cc(/C=C(/C#N)C3=NN(c4ccccc4)[C@H](N)[C@H]3C#N)c2C)sc2c1CCCC2. The molecule has 0 unspecified atom stereocenters. The van der Waals surface area contributed by atoms with E-state index in [1.54, 1.807) is 22.4 Å². The Labute approximate surface area is 225 Å². The van der Waals surface area contributed by atoms with E-state index in [1.807, 2.05) is 50.2 Å². The van der Waals surface area contributed by atoms with Gasteiger partial charge in [-0.1, -0.05) is 18.2 Å². The monoisotopic (exact) mass is 524 g/mol. The number of hydrogen-bond donors (Lipinski definition) is 1. The maximum absolute atomic E-state index is 12.9. The van der Waals surface area contributed by atoms with Crippen molar-refractivity contribution in [1.29, 1.82) is 10.5 Å². The highest BCUT2D eigenvalue weighted by Crippen LogP contribution is 2.39. The topological polar surface area (TPSA) is 120 Å². The van der Waals surface area contributed by atoms with Crippen LogP contribution in [0.3, 0.4) is 0 Å². The molecule has 0 bridgehead atoms. The van der Waals surface area contributed by atoms with Gasteiger partial charge in [-0.15, -0.1) is 11.3 Å². The molecule has 3 aromatic rings. The molecule has 0 spiro atoms. The highest BCUT2D eigenvalue weighted by atomic mass is 32.1. The third kappa shape index (κ3) is 4.20. The van der Waals surface area contributed by atoms with Crippen LogP contribution in [0, 0.1) is 42.4 Å². The number of allylic oxidation sites excluding steroid dienone is 1. The molecule has 0 amide bonds. The fourth-order valence-corrected chi connectivity index (χ4v) is 6.79. The smallest absolute Gasteiger partial charge is 0.341 e. The summed E-state index contributed by atoms with van der Waals surface area (Å²) in [5.74, 6) is -1.09. The minimum absolute atomic E-state index is 0.282. The highest BCUT2D eigenvalue weighted by molar-refractivity contribution is 7.15. The van der Waals surface area contributed by atoms with Crippen molar-refractivity contribution < 1.29 is 9.53 Å². The van der Waals surface area contributed by atoms with E-state index in [2.05, 4.69) is 21.8 Å². The van der Waals surface area contributed by atoms with Crippen LogP contribution in [0.4, 0.5) is 5.69 Å². The molecule has 2 aliphatic rings. The molecule has 2 N–H and O–H groups in total. The molecule has 5 rings (SSSR count). The zero-order chi connectivity index (χ0) is 27.0. The molecule has 0 saturated carbocycles. The van der Waals surface area contributed by atoms with Crippen molar-refractivity contribution in [3.63, 3.8) is 0 Å². The average molecular weight is 525 g/mol. The summed E-state index contributed by atoms with van der Waals surface area (Å²) >= 11 is 1.64. The number of methoxy groups -OCH3 is 1. The van der Waals surface area contributed by atoms with Gasteiger partial charge in [0.25, 0.3) is 0 Å². The number of rotatable bonds is 5. The van der Waals surface area contributed by atoms with Gasteiger partial charge >= 0.3 is 5.97 Å². The molecule has 0 radical (unpaired) electrons. The zero-order valence-corrected chi connectivity index (χ0v) is 22.4. The lowest BCUT2D eigenvalue weighted by Crippen LogP contribution is -2.40. The van der Waals surface area contributed by atoms with Gasteiger partial charge in [0.05, 0.1) is 35.7 Å². The van der Waals surface area contributed by atoms with Crippen molar-refractivity contribution >= 4 is 34.8 Å². The molecule has 8 nitrogen and oxygen atoms in total. The summed E-state index contributed by atoms with van der Waals surface area (Å²) in [6.45, 7) is 3.95. The van der Waals surface area contributed by atoms with E-state index in [4.69, 9.17) is 10.5 Å². The Morgan fingerprint density at radius 1 is 1.21 bits per heavy atom. The Morgan fingerprint density at radius 2 is 1.95 bits per heavy atom. The largest absolute Gasteiger partial charge is 0.465 e. The lowest BCUT2D eigenvalue weighted by molar-refractivity contribution is 0.0600. The number of nitrogens with zero attached hydrogens (tertiary/aromatic N) is 5. The molecule has 2 aromatic heterocycles. The molecule has 1 aliphatic carbocycles. The summed E-state index contributed by atoms with van der Waals surface area (Å²) in [6, 6.07) is 15.8. The van der Waals surface area contributed by atoms with Crippen molar-refractivity contribution in [3.8, 4) is 17.1 Å². The van der Waals surface area contributed by atoms with Gasteiger partial charge in [0.2, 0.25) is 0 Å². The first-order valence-corrected chi connectivity index (χ1v) is 13.3. The molecule has 2 atom stereocenters. The first-order valence-electron chi connectivity index (χ1n) is 12.5. The number of thiophene rings is 1. The molecule has 1 aliphatic heterocycles. The van der Waals surface area contributed by atoms with Crippen LogP contribution in [-0.2, 0) is 17.6 Å². The predicted molar refractivity (Wildman–Crippen MR) is 148 cm³/mol.